The summed E-state index contributed by atoms with van der Waals surface area (Å²) in [6.45, 7) is 3.26. The number of fused-ring (bicyclic) bond motifs is 1. The Labute approximate surface area is 202 Å². The lowest BCUT2D eigenvalue weighted by Gasteiger charge is -2.30. The smallest absolute Gasteiger partial charge is 0.338 e. The third kappa shape index (κ3) is 5.41. The summed E-state index contributed by atoms with van der Waals surface area (Å²) in [4.78, 5) is 54.6. The Kier molecular flexibility index (Phi) is 7.52. The molecule has 34 heavy (non-hydrogen) atoms. The summed E-state index contributed by atoms with van der Waals surface area (Å²) >= 11 is 1.40. The monoisotopic (exact) mass is 481 g/mol. The number of esters is 1. The van der Waals surface area contributed by atoms with Gasteiger partial charge in [-0.2, -0.15) is 0 Å². The first-order valence-electron chi connectivity index (χ1n) is 11.4. The van der Waals surface area contributed by atoms with E-state index in [-0.39, 0.29) is 30.7 Å². The number of carbonyl (C=O) groups is 4. The molecule has 0 atom stereocenters. The number of nitrogens with one attached hydrogen (secondary N) is 1. The number of carbonyl (C=O) groups excluding carboxylic acids is 4. The van der Waals surface area contributed by atoms with Crippen molar-refractivity contribution in [2.45, 2.75) is 31.1 Å². The second-order valence-corrected chi connectivity index (χ2v) is 9.17. The van der Waals surface area contributed by atoms with E-state index < -0.39 is 11.9 Å². The van der Waals surface area contributed by atoms with Crippen LogP contribution >= 0.6 is 11.8 Å². The van der Waals surface area contributed by atoms with Crippen LogP contribution in [0.25, 0.3) is 0 Å². The van der Waals surface area contributed by atoms with E-state index in [1.54, 1.807) is 37.3 Å². The zero-order chi connectivity index (χ0) is 24.1. The molecule has 1 saturated heterocycles. The fraction of sp³-hybridized carbons (Fsp3) is 0.360. The van der Waals surface area contributed by atoms with Gasteiger partial charge in [0.05, 0.1) is 23.6 Å². The van der Waals surface area contributed by atoms with Crippen LogP contribution in [-0.2, 0) is 14.3 Å². The van der Waals surface area contributed by atoms with E-state index >= 15 is 0 Å². The van der Waals surface area contributed by atoms with Crippen LogP contribution in [0.15, 0.2) is 47.4 Å². The molecule has 9 heteroatoms. The van der Waals surface area contributed by atoms with Crippen molar-refractivity contribution in [3.8, 4) is 0 Å². The molecule has 3 amide bonds. The fourth-order valence-corrected chi connectivity index (χ4v) is 4.99. The third-order valence-electron chi connectivity index (χ3n) is 5.75. The molecule has 0 aromatic heterocycles. The van der Waals surface area contributed by atoms with Gasteiger partial charge < -0.3 is 19.9 Å². The zero-order valence-electron chi connectivity index (χ0n) is 19.0. The molecule has 1 fully saturated rings. The summed E-state index contributed by atoms with van der Waals surface area (Å²) in [5.74, 6) is -0.902. The number of amides is 3. The molecule has 2 aliphatic heterocycles. The molecule has 4 rings (SSSR count). The van der Waals surface area contributed by atoms with Gasteiger partial charge in [0.1, 0.15) is 6.54 Å². The molecule has 0 saturated carbocycles. The number of piperidine rings is 1. The summed E-state index contributed by atoms with van der Waals surface area (Å²) in [5, 5.41) is 2.74. The van der Waals surface area contributed by atoms with Crippen LogP contribution in [0, 0.1) is 0 Å². The lowest BCUT2D eigenvalue weighted by molar-refractivity contribution is -0.120. The first-order valence-corrected chi connectivity index (χ1v) is 12.4. The lowest BCUT2D eigenvalue weighted by atomic mass is 10.1. The summed E-state index contributed by atoms with van der Waals surface area (Å²) in [6, 6.07) is 11.8. The molecule has 0 spiro atoms. The Balaban J connectivity index is 1.50. The number of likely N-dealkylation sites (tertiary alicyclic amines) is 1. The van der Waals surface area contributed by atoms with Crippen LogP contribution in [0.3, 0.4) is 0 Å². The second kappa shape index (κ2) is 10.7. The molecule has 1 N–H and O–H groups in total. The maximum Gasteiger partial charge on any atom is 0.338 e. The molecule has 178 valence electrons. The maximum atomic E-state index is 13.0. The van der Waals surface area contributed by atoms with E-state index in [2.05, 4.69) is 5.32 Å². The van der Waals surface area contributed by atoms with Crippen molar-refractivity contribution in [2.24, 2.45) is 0 Å². The number of hydrogen-bond acceptors (Lipinski definition) is 6. The molecule has 0 unspecified atom stereocenters. The van der Waals surface area contributed by atoms with Crippen molar-refractivity contribution in [3.63, 3.8) is 0 Å². The molecule has 2 aromatic carbocycles. The number of nitrogens with zero attached hydrogens (tertiary/aromatic N) is 2. The van der Waals surface area contributed by atoms with Crippen LogP contribution in [-0.4, -0.2) is 60.6 Å². The summed E-state index contributed by atoms with van der Waals surface area (Å²) in [7, 11) is 0. The van der Waals surface area contributed by atoms with Gasteiger partial charge in [-0.15, -0.1) is 11.8 Å². The van der Waals surface area contributed by atoms with Gasteiger partial charge in [-0.1, -0.05) is 6.07 Å². The van der Waals surface area contributed by atoms with E-state index in [1.165, 1.54) is 22.7 Å². The molecule has 0 radical (unpaired) electrons. The van der Waals surface area contributed by atoms with Crippen LogP contribution in [0.4, 0.5) is 11.4 Å². The predicted octanol–water partition coefficient (Wildman–Crippen LogP) is 3.57. The van der Waals surface area contributed by atoms with Crippen molar-refractivity contribution in [1.82, 2.24) is 4.90 Å². The first kappa shape index (κ1) is 23.8. The van der Waals surface area contributed by atoms with Crippen LogP contribution in [0.1, 0.15) is 46.9 Å². The number of benzene rings is 2. The Morgan fingerprint density at radius 2 is 1.82 bits per heavy atom. The van der Waals surface area contributed by atoms with E-state index in [0.29, 0.717) is 22.5 Å². The number of anilines is 2. The Morgan fingerprint density at radius 3 is 2.59 bits per heavy atom. The minimum atomic E-state index is -0.471. The summed E-state index contributed by atoms with van der Waals surface area (Å²) in [6.07, 6.45) is 3.12. The van der Waals surface area contributed by atoms with Crippen LogP contribution in [0.5, 0.6) is 0 Å². The highest BCUT2D eigenvalue weighted by molar-refractivity contribution is 8.00. The van der Waals surface area contributed by atoms with Gasteiger partial charge >= 0.3 is 5.97 Å². The average molecular weight is 482 g/mol. The average Bonchev–Trinajstić information content (AvgIpc) is 2.86. The highest BCUT2D eigenvalue weighted by Crippen LogP contribution is 2.36. The van der Waals surface area contributed by atoms with Crippen LogP contribution in [0.2, 0.25) is 0 Å². The van der Waals surface area contributed by atoms with E-state index in [0.717, 1.165) is 37.2 Å². The third-order valence-corrected chi connectivity index (χ3v) is 6.80. The van der Waals surface area contributed by atoms with E-state index in [1.807, 2.05) is 11.0 Å². The van der Waals surface area contributed by atoms with Crippen molar-refractivity contribution in [3.05, 3.63) is 53.6 Å². The van der Waals surface area contributed by atoms with Crippen molar-refractivity contribution < 1.29 is 23.9 Å². The SMILES string of the molecule is CCOC(=O)c1cccc(NC(=O)CN2C(=O)CSc3ccc(C(=O)N4CCCCC4)cc32)c1. The summed E-state index contributed by atoms with van der Waals surface area (Å²) < 4.78 is 5.00. The van der Waals surface area contributed by atoms with E-state index in [4.69, 9.17) is 4.74 Å². The van der Waals surface area contributed by atoms with Crippen LogP contribution < -0.4 is 10.2 Å². The molecule has 2 heterocycles. The number of ether oxygens (including phenoxy) is 1. The van der Waals surface area contributed by atoms with Gasteiger partial charge in [0.2, 0.25) is 11.8 Å². The highest BCUT2D eigenvalue weighted by Gasteiger charge is 2.28. The Hall–Kier alpha value is -3.33. The molecule has 0 aliphatic carbocycles. The van der Waals surface area contributed by atoms with Gasteiger partial charge in [-0.05, 0) is 62.6 Å². The molecule has 2 aromatic rings. The van der Waals surface area contributed by atoms with Gasteiger partial charge in [-0.3, -0.25) is 14.4 Å². The Morgan fingerprint density at radius 1 is 1.03 bits per heavy atom. The normalized spacial score (nSPS) is 15.5. The van der Waals surface area contributed by atoms with Gasteiger partial charge in [0.25, 0.3) is 5.91 Å². The van der Waals surface area contributed by atoms with Gasteiger partial charge in [-0.25, -0.2) is 4.79 Å². The standard InChI is InChI=1S/C25H27N3O5S/c1-2-33-25(32)18-7-6-8-19(13-18)26-22(29)15-28-20-14-17(9-10-21(20)34-16-23(28)30)24(31)27-11-4-3-5-12-27/h6-10,13-14H,2-5,11-12,15-16H2,1H3,(H,26,29). The van der Waals surface area contributed by atoms with Gasteiger partial charge in [0.15, 0.2) is 0 Å². The van der Waals surface area contributed by atoms with E-state index in [9.17, 15) is 19.2 Å². The number of rotatable bonds is 6. The van der Waals surface area contributed by atoms with Crippen molar-refractivity contribution in [1.29, 1.82) is 0 Å². The molecule has 0 bridgehead atoms. The number of thioether (sulfide) groups is 1. The van der Waals surface area contributed by atoms with Crippen molar-refractivity contribution in [2.75, 3.05) is 42.2 Å². The Bertz CT molecular complexity index is 1110. The quantitative estimate of drug-likeness (QED) is 0.634. The molecular formula is C25H27N3O5S. The largest absolute Gasteiger partial charge is 0.462 e. The molecule has 8 nitrogen and oxygen atoms in total. The molecular weight excluding hydrogens is 454 g/mol. The molecule has 2 aliphatic rings. The topological polar surface area (TPSA) is 96.0 Å². The van der Waals surface area contributed by atoms with Gasteiger partial charge in [0, 0.05) is 29.2 Å². The maximum absolute atomic E-state index is 13.0. The number of hydrogen-bond donors (Lipinski definition) is 1. The first-order chi connectivity index (χ1) is 16.5. The zero-order valence-corrected chi connectivity index (χ0v) is 19.9. The second-order valence-electron chi connectivity index (χ2n) is 8.15. The van der Waals surface area contributed by atoms with Crippen molar-refractivity contribution >= 4 is 46.8 Å². The fourth-order valence-electron chi connectivity index (χ4n) is 4.07. The lowest BCUT2D eigenvalue weighted by Crippen LogP contribution is -2.41. The predicted molar refractivity (Wildman–Crippen MR) is 130 cm³/mol. The minimum absolute atomic E-state index is 0.0503. The minimum Gasteiger partial charge on any atom is -0.462 e. The summed E-state index contributed by atoms with van der Waals surface area (Å²) in [5.41, 5.74) is 1.85. The highest BCUT2D eigenvalue weighted by atomic mass is 32.2.